The molecule has 1 aromatic carbocycles. The van der Waals surface area contributed by atoms with E-state index in [0.717, 1.165) is 45.5 Å². The van der Waals surface area contributed by atoms with Gasteiger partial charge in [-0.15, -0.1) is 0 Å². The molecule has 0 saturated carbocycles. The fraction of sp³-hybridized carbons (Fsp3) is 0.400. The Labute approximate surface area is 136 Å². The van der Waals surface area contributed by atoms with Crippen LogP contribution >= 0.6 is 31.9 Å². The maximum Gasteiger partial charge on any atom is 0.130 e. The molecule has 2 rings (SSSR count). The number of ether oxygens (including phenoxy) is 1. The molecule has 0 aliphatic carbocycles. The molecule has 0 aliphatic heterocycles. The maximum absolute atomic E-state index is 5.96. The van der Waals surface area contributed by atoms with E-state index in [1.165, 1.54) is 0 Å². The third kappa shape index (κ3) is 3.64. The zero-order valence-corrected chi connectivity index (χ0v) is 14.9. The summed E-state index contributed by atoms with van der Waals surface area (Å²) in [6.45, 7) is 5.62. The van der Waals surface area contributed by atoms with Gasteiger partial charge in [-0.25, -0.2) is 0 Å². The highest BCUT2D eigenvalue weighted by molar-refractivity contribution is 9.10. The molecule has 0 bridgehead atoms. The van der Waals surface area contributed by atoms with Crippen LogP contribution < -0.4 is 4.74 Å². The molecule has 0 atom stereocenters. The van der Waals surface area contributed by atoms with Crippen LogP contribution in [0.4, 0.5) is 0 Å². The van der Waals surface area contributed by atoms with Crippen molar-refractivity contribution in [2.75, 3.05) is 0 Å². The van der Waals surface area contributed by atoms with Gasteiger partial charge in [0.1, 0.15) is 12.4 Å². The zero-order chi connectivity index (χ0) is 14.5. The molecule has 0 radical (unpaired) electrons. The minimum Gasteiger partial charge on any atom is -0.487 e. The van der Waals surface area contributed by atoms with Crippen molar-refractivity contribution in [1.29, 1.82) is 0 Å². The molecule has 108 valence electrons. The molecule has 0 fully saturated rings. The minimum atomic E-state index is 0.544. The summed E-state index contributed by atoms with van der Waals surface area (Å²) in [5.41, 5.74) is 3.37. The van der Waals surface area contributed by atoms with Gasteiger partial charge < -0.3 is 4.74 Å². The highest BCUT2D eigenvalue weighted by atomic mass is 79.9. The molecule has 2 aromatic rings. The minimum absolute atomic E-state index is 0.544. The van der Waals surface area contributed by atoms with Gasteiger partial charge in [0.2, 0.25) is 0 Å². The first-order valence-electron chi connectivity index (χ1n) is 6.70. The second-order valence-corrected chi connectivity index (χ2v) is 5.95. The SMILES string of the molecule is CCc1cc(COc2ccc(Br)cc2CBr)n(CC)n1. The van der Waals surface area contributed by atoms with Crippen molar-refractivity contribution in [2.24, 2.45) is 0 Å². The van der Waals surface area contributed by atoms with Crippen LogP contribution in [-0.4, -0.2) is 9.78 Å². The summed E-state index contributed by atoms with van der Waals surface area (Å²) in [6, 6.07) is 8.18. The van der Waals surface area contributed by atoms with Crippen LogP contribution in [0.2, 0.25) is 0 Å². The van der Waals surface area contributed by atoms with Crippen molar-refractivity contribution in [2.45, 2.75) is 38.8 Å². The molecule has 3 nitrogen and oxygen atoms in total. The Balaban J connectivity index is 2.14. The average Bonchev–Trinajstić information content (AvgIpc) is 2.88. The molecule has 5 heteroatoms. The fourth-order valence-electron chi connectivity index (χ4n) is 2.02. The van der Waals surface area contributed by atoms with Crippen molar-refractivity contribution in [3.05, 3.63) is 45.7 Å². The summed E-state index contributed by atoms with van der Waals surface area (Å²) in [7, 11) is 0. The Morgan fingerprint density at radius 2 is 2.05 bits per heavy atom. The van der Waals surface area contributed by atoms with Gasteiger partial charge >= 0.3 is 0 Å². The van der Waals surface area contributed by atoms with Gasteiger partial charge in [-0.05, 0) is 37.6 Å². The second kappa shape index (κ2) is 7.27. The van der Waals surface area contributed by atoms with E-state index < -0.39 is 0 Å². The van der Waals surface area contributed by atoms with Gasteiger partial charge in [0.25, 0.3) is 0 Å². The zero-order valence-electron chi connectivity index (χ0n) is 11.7. The number of halogens is 2. The van der Waals surface area contributed by atoms with E-state index in [1.807, 2.05) is 16.8 Å². The van der Waals surface area contributed by atoms with Crippen molar-refractivity contribution < 1.29 is 4.74 Å². The number of alkyl halides is 1. The Morgan fingerprint density at radius 1 is 1.25 bits per heavy atom. The van der Waals surface area contributed by atoms with Crippen LogP contribution in [0.15, 0.2) is 28.7 Å². The first-order valence-corrected chi connectivity index (χ1v) is 8.62. The van der Waals surface area contributed by atoms with Crippen molar-refractivity contribution in [3.63, 3.8) is 0 Å². The predicted octanol–water partition coefficient (Wildman–Crippen LogP) is 4.70. The van der Waals surface area contributed by atoms with Gasteiger partial charge in [0, 0.05) is 21.9 Å². The molecule has 0 aliphatic rings. The molecule has 0 unspecified atom stereocenters. The number of aromatic nitrogens is 2. The third-order valence-corrected chi connectivity index (χ3v) is 4.22. The van der Waals surface area contributed by atoms with Crippen LogP contribution in [0.25, 0.3) is 0 Å². The molecule has 1 aromatic heterocycles. The first kappa shape index (κ1) is 15.6. The normalized spacial score (nSPS) is 10.8. The number of nitrogens with zero attached hydrogens (tertiary/aromatic N) is 2. The lowest BCUT2D eigenvalue weighted by atomic mass is 10.2. The van der Waals surface area contributed by atoms with Crippen LogP contribution in [0.5, 0.6) is 5.75 Å². The van der Waals surface area contributed by atoms with Gasteiger partial charge in [-0.3, -0.25) is 4.68 Å². The number of rotatable bonds is 6. The second-order valence-electron chi connectivity index (χ2n) is 4.47. The monoisotopic (exact) mass is 400 g/mol. The lowest BCUT2D eigenvalue weighted by molar-refractivity contribution is 0.290. The van der Waals surface area contributed by atoms with Crippen molar-refractivity contribution >= 4 is 31.9 Å². The molecule has 20 heavy (non-hydrogen) atoms. The van der Waals surface area contributed by atoms with E-state index >= 15 is 0 Å². The maximum atomic E-state index is 5.96. The lowest BCUT2D eigenvalue weighted by Gasteiger charge is -2.11. The number of hydrogen-bond acceptors (Lipinski definition) is 2. The summed E-state index contributed by atoms with van der Waals surface area (Å²) in [4.78, 5) is 0. The molecule has 1 heterocycles. The predicted molar refractivity (Wildman–Crippen MR) is 88.4 cm³/mol. The summed E-state index contributed by atoms with van der Waals surface area (Å²) in [6.07, 6.45) is 0.949. The van der Waals surface area contributed by atoms with Gasteiger partial charge in [0.05, 0.1) is 11.4 Å². The smallest absolute Gasteiger partial charge is 0.130 e. The van der Waals surface area contributed by atoms with E-state index in [4.69, 9.17) is 4.74 Å². The van der Waals surface area contributed by atoms with Crippen LogP contribution in [0, 0.1) is 0 Å². The highest BCUT2D eigenvalue weighted by Crippen LogP contribution is 2.26. The number of hydrogen-bond donors (Lipinski definition) is 0. The molecular formula is C15H18Br2N2O. The average molecular weight is 402 g/mol. The van der Waals surface area contributed by atoms with Gasteiger partial charge in [0.15, 0.2) is 0 Å². The Bertz CT molecular complexity index is 581. The van der Waals surface area contributed by atoms with Gasteiger partial charge in [-0.1, -0.05) is 38.8 Å². The van der Waals surface area contributed by atoms with E-state index in [2.05, 4.69) is 62.9 Å². The fourth-order valence-corrected chi connectivity index (χ4v) is 2.87. The van der Waals surface area contributed by atoms with Gasteiger partial charge in [-0.2, -0.15) is 5.10 Å². The van der Waals surface area contributed by atoms with E-state index in [9.17, 15) is 0 Å². The Morgan fingerprint density at radius 3 is 2.70 bits per heavy atom. The van der Waals surface area contributed by atoms with E-state index in [1.54, 1.807) is 0 Å². The molecule has 0 spiro atoms. The summed E-state index contributed by atoms with van der Waals surface area (Å²) in [5, 5.41) is 5.31. The summed E-state index contributed by atoms with van der Waals surface area (Å²) >= 11 is 6.97. The van der Waals surface area contributed by atoms with Crippen LogP contribution in [0.3, 0.4) is 0 Å². The molecule has 0 amide bonds. The standard InChI is InChI=1S/C15H18Br2N2O/c1-3-13-8-14(19(4-2)18-13)10-20-15-6-5-12(17)7-11(15)9-16/h5-8H,3-4,9-10H2,1-2H3. The Hall–Kier alpha value is -0.810. The molecule has 0 N–H and O–H groups in total. The van der Waals surface area contributed by atoms with E-state index in [0.29, 0.717) is 6.61 Å². The van der Waals surface area contributed by atoms with Crippen molar-refractivity contribution in [3.8, 4) is 5.75 Å². The summed E-state index contributed by atoms with van der Waals surface area (Å²) < 4.78 is 9.02. The lowest BCUT2D eigenvalue weighted by Crippen LogP contribution is -2.06. The number of benzene rings is 1. The largest absolute Gasteiger partial charge is 0.487 e. The highest BCUT2D eigenvalue weighted by Gasteiger charge is 2.08. The van der Waals surface area contributed by atoms with Crippen molar-refractivity contribution in [1.82, 2.24) is 9.78 Å². The first-order chi connectivity index (χ1) is 9.67. The topological polar surface area (TPSA) is 27.1 Å². The number of aryl methyl sites for hydroxylation is 2. The van der Waals surface area contributed by atoms with Crippen LogP contribution in [0.1, 0.15) is 30.8 Å². The molecule has 0 saturated heterocycles. The Kier molecular flexibility index (Phi) is 5.66. The third-order valence-electron chi connectivity index (χ3n) is 3.12. The summed E-state index contributed by atoms with van der Waals surface area (Å²) in [5.74, 6) is 0.909. The van der Waals surface area contributed by atoms with Crippen LogP contribution in [-0.2, 0) is 24.9 Å². The van der Waals surface area contributed by atoms with E-state index in [-0.39, 0.29) is 0 Å². The molecular weight excluding hydrogens is 384 g/mol. The quantitative estimate of drug-likeness (QED) is 0.655.